The lowest BCUT2D eigenvalue weighted by Gasteiger charge is -2.48. The molecular weight excluding hydrogens is 352 g/mol. The summed E-state index contributed by atoms with van der Waals surface area (Å²) in [5.74, 6) is -1.54. The molecular formula is C14H14N4O4S2. The average Bonchev–Trinajstić information content (AvgIpc) is 2.98. The zero-order chi connectivity index (χ0) is 17.4. The molecule has 126 valence electrons. The van der Waals surface area contributed by atoms with Gasteiger partial charge in [-0.3, -0.25) is 14.5 Å². The number of nitrogens with zero attached hydrogens (tertiary/aromatic N) is 2. The van der Waals surface area contributed by atoms with E-state index in [0.717, 1.165) is 0 Å². The van der Waals surface area contributed by atoms with Crippen LogP contribution in [0.2, 0.25) is 0 Å². The summed E-state index contributed by atoms with van der Waals surface area (Å²) in [5.41, 5.74) is 6.32. The number of hydrogen-bond donors (Lipinski definition) is 3. The maximum absolute atomic E-state index is 12.5. The van der Waals surface area contributed by atoms with E-state index in [-0.39, 0.29) is 5.70 Å². The quantitative estimate of drug-likeness (QED) is 0.523. The molecule has 1 saturated heterocycles. The number of carboxylic acids is 1. The fourth-order valence-electron chi connectivity index (χ4n) is 2.56. The number of thioether (sulfide) groups is 1. The van der Waals surface area contributed by atoms with Crippen molar-refractivity contribution in [2.24, 2.45) is 0 Å². The van der Waals surface area contributed by atoms with Crippen LogP contribution in [-0.2, 0) is 14.4 Å². The van der Waals surface area contributed by atoms with Crippen LogP contribution < -0.4 is 11.1 Å². The molecule has 0 radical (unpaired) electrons. The molecule has 4 N–H and O–H groups in total. The van der Waals surface area contributed by atoms with Crippen molar-refractivity contribution in [2.45, 2.75) is 18.3 Å². The number of aliphatic carboxylic acids is 1. The van der Waals surface area contributed by atoms with E-state index in [1.165, 1.54) is 34.1 Å². The lowest BCUT2D eigenvalue weighted by molar-refractivity contribution is -0.150. The highest BCUT2D eigenvalue weighted by molar-refractivity contribution is 8.00. The number of rotatable bonds is 4. The molecule has 0 bridgehead atoms. The van der Waals surface area contributed by atoms with Crippen LogP contribution in [0.4, 0.5) is 5.13 Å². The Hall–Kier alpha value is -2.33. The number of carbonyl (C=O) groups excluding carboxylic acids is 2. The first-order valence-corrected chi connectivity index (χ1v) is 8.93. The zero-order valence-corrected chi connectivity index (χ0v) is 14.2. The van der Waals surface area contributed by atoms with Crippen LogP contribution in [0.1, 0.15) is 12.6 Å². The van der Waals surface area contributed by atoms with Gasteiger partial charge in [0.15, 0.2) is 5.13 Å². The molecule has 1 fully saturated rings. The summed E-state index contributed by atoms with van der Waals surface area (Å²) in [6.45, 7) is 1.69. The van der Waals surface area contributed by atoms with Crippen molar-refractivity contribution in [3.05, 3.63) is 28.9 Å². The van der Waals surface area contributed by atoms with Gasteiger partial charge in [-0.2, -0.15) is 0 Å². The van der Waals surface area contributed by atoms with Gasteiger partial charge in [-0.15, -0.1) is 23.1 Å². The third-order valence-corrected chi connectivity index (χ3v) is 5.54. The summed E-state index contributed by atoms with van der Waals surface area (Å²) in [4.78, 5) is 41.1. The number of aromatic nitrogens is 1. The largest absolute Gasteiger partial charge is 0.477 e. The van der Waals surface area contributed by atoms with E-state index in [9.17, 15) is 14.4 Å². The normalized spacial score (nSPS) is 23.2. The minimum atomic E-state index is -1.15. The summed E-state index contributed by atoms with van der Waals surface area (Å²) in [6.07, 6.45) is 3.09. The van der Waals surface area contributed by atoms with Crippen molar-refractivity contribution in [3.8, 4) is 0 Å². The van der Waals surface area contributed by atoms with Crippen LogP contribution in [0.15, 0.2) is 23.2 Å². The van der Waals surface area contributed by atoms with Crippen molar-refractivity contribution in [1.29, 1.82) is 0 Å². The van der Waals surface area contributed by atoms with Crippen molar-refractivity contribution in [1.82, 2.24) is 15.2 Å². The molecule has 2 atom stereocenters. The van der Waals surface area contributed by atoms with Gasteiger partial charge in [-0.05, 0) is 13.0 Å². The third-order valence-electron chi connectivity index (χ3n) is 3.68. The molecule has 0 aromatic carbocycles. The predicted octanol–water partition coefficient (Wildman–Crippen LogP) is 0.497. The van der Waals surface area contributed by atoms with Gasteiger partial charge in [-0.1, -0.05) is 6.08 Å². The molecule has 2 amide bonds. The Labute approximate surface area is 145 Å². The first kappa shape index (κ1) is 16.5. The van der Waals surface area contributed by atoms with E-state index < -0.39 is 29.2 Å². The Morgan fingerprint density at radius 3 is 2.88 bits per heavy atom. The summed E-state index contributed by atoms with van der Waals surface area (Å²) in [5, 5.41) is 13.4. The highest BCUT2D eigenvalue weighted by Gasteiger charge is 2.52. The minimum Gasteiger partial charge on any atom is -0.477 e. The van der Waals surface area contributed by atoms with Gasteiger partial charge in [0.1, 0.15) is 17.1 Å². The Balaban J connectivity index is 1.73. The Bertz CT molecular complexity index is 785. The zero-order valence-electron chi connectivity index (χ0n) is 12.6. The molecule has 0 saturated carbocycles. The van der Waals surface area contributed by atoms with E-state index in [0.29, 0.717) is 22.2 Å². The number of nitrogens with two attached hydrogens (primary N) is 1. The van der Waals surface area contributed by atoms with Crippen molar-refractivity contribution in [2.75, 3.05) is 11.5 Å². The highest BCUT2D eigenvalue weighted by atomic mass is 32.2. The number of nitrogens with one attached hydrogen (secondary N) is 1. The number of β-lactam (4-membered cyclic amide) rings is 1. The second-order valence-electron chi connectivity index (χ2n) is 5.05. The highest BCUT2D eigenvalue weighted by Crippen LogP contribution is 2.37. The number of anilines is 1. The van der Waals surface area contributed by atoms with Gasteiger partial charge >= 0.3 is 5.97 Å². The molecule has 2 aliphatic rings. The van der Waals surface area contributed by atoms with Gasteiger partial charge in [0.05, 0.1) is 11.3 Å². The number of thiazole rings is 1. The number of fused-ring (bicyclic) bond motifs is 1. The third kappa shape index (κ3) is 2.67. The van der Waals surface area contributed by atoms with E-state index in [1.807, 2.05) is 0 Å². The van der Waals surface area contributed by atoms with Crippen molar-refractivity contribution in [3.63, 3.8) is 0 Å². The van der Waals surface area contributed by atoms with Gasteiger partial charge in [-0.25, -0.2) is 9.78 Å². The fraction of sp³-hybridized carbons (Fsp3) is 0.286. The van der Waals surface area contributed by atoms with E-state index >= 15 is 0 Å². The van der Waals surface area contributed by atoms with Crippen LogP contribution in [-0.4, -0.2) is 49.9 Å². The van der Waals surface area contributed by atoms with E-state index in [2.05, 4.69) is 10.3 Å². The first-order valence-electron chi connectivity index (χ1n) is 7.00. The Morgan fingerprint density at radius 1 is 1.54 bits per heavy atom. The lowest BCUT2D eigenvalue weighted by Crippen LogP contribution is -2.70. The van der Waals surface area contributed by atoms with E-state index in [4.69, 9.17) is 10.8 Å². The maximum Gasteiger partial charge on any atom is 0.352 e. The predicted molar refractivity (Wildman–Crippen MR) is 90.9 cm³/mol. The summed E-state index contributed by atoms with van der Waals surface area (Å²) >= 11 is 2.63. The fourth-order valence-corrected chi connectivity index (χ4v) is 4.32. The Kier molecular flexibility index (Phi) is 4.33. The molecule has 1 aromatic heterocycles. The Morgan fingerprint density at radius 2 is 2.29 bits per heavy atom. The SMILES string of the molecule is C/C=C(\C(=O)N[C@@H]1C(=O)N2C(C(=O)O)=CCS[C@H]12)c1csc(N)n1. The topological polar surface area (TPSA) is 126 Å². The second kappa shape index (κ2) is 6.29. The van der Waals surface area contributed by atoms with Gasteiger partial charge in [0.2, 0.25) is 0 Å². The molecule has 8 nitrogen and oxygen atoms in total. The smallest absolute Gasteiger partial charge is 0.352 e. The van der Waals surface area contributed by atoms with Crippen LogP contribution in [0, 0.1) is 0 Å². The van der Waals surface area contributed by atoms with Gasteiger partial charge < -0.3 is 16.2 Å². The van der Waals surface area contributed by atoms with Crippen molar-refractivity contribution < 1.29 is 19.5 Å². The van der Waals surface area contributed by atoms with Crippen LogP contribution in [0.5, 0.6) is 0 Å². The van der Waals surface area contributed by atoms with Crippen LogP contribution >= 0.6 is 23.1 Å². The average molecular weight is 366 g/mol. The molecule has 10 heteroatoms. The summed E-state index contributed by atoms with van der Waals surface area (Å²) in [6, 6.07) is -0.753. The maximum atomic E-state index is 12.5. The molecule has 3 rings (SSSR count). The number of carboxylic acid groups (broad SMARTS) is 1. The summed E-state index contributed by atoms with van der Waals surface area (Å²) < 4.78 is 0. The molecule has 0 unspecified atom stereocenters. The molecule has 1 aromatic rings. The minimum absolute atomic E-state index is 0.0345. The van der Waals surface area contributed by atoms with Crippen LogP contribution in [0.25, 0.3) is 5.57 Å². The summed E-state index contributed by atoms with van der Waals surface area (Å²) in [7, 11) is 0. The standard InChI is InChI=1S/C14H14N4O4S2/c1-2-6(7-5-24-14(15)16-7)10(19)17-9-11(20)18-8(13(21)22)3-4-23-12(9)18/h2-3,5,9,12H,4H2,1H3,(H2,15,16)(H,17,19)(H,21,22)/b6-2-/t9-,12-/m1/s1. The van der Waals surface area contributed by atoms with Crippen LogP contribution in [0.3, 0.4) is 0 Å². The van der Waals surface area contributed by atoms with Gasteiger partial charge in [0.25, 0.3) is 11.8 Å². The molecule has 2 aliphatic heterocycles. The number of allylic oxidation sites excluding steroid dienone is 1. The lowest BCUT2D eigenvalue weighted by atomic mass is 10.0. The molecule has 0 aliphatic carbocycles. The monoisotopic (exact) mass is 366 g/mol. The number of nitrogen functional groups attached to an aromatic ring is 1. The number of amides is 2. The van der Waals surface area contributed by atoms with Crippen molar-refractivity contribution >= 4 is 51.6 Å². The first-order chi connectivity index (χ1) is 11.4. The number of hydrogen-bond acceptors (Lipinski definition) is 7. The number of carbonyl (C=O) groups is 3. The van der Waals surface area contributed by atoms with Gasteiger partial charge in [0, 0.05) is 11.1 Å². The molecule has 3 heterocycles. The molecule has 0 spiro atoms. The van der Waals surface area contributed by atoms with E-state index in [1.54, 1.807) is 18.4 Å². The second-order valence-corrected chi connectivity index (χ2v) is 7.09. The molecule has 24 heavy (non-hydrogen) atoms.